The van der Waals surface area contributed by atoms with Crippen LogP contribution in [0.5, 0.6) is 0 Å². The summed E-state index contributed by atoms with van der Waals surface area (Å²) in [6.45, 7) is 9.50. The summed E-state index contributed by atoms with van der Waals surface area (Å²) in [4.78, 5) is 68.1. The number of nitrogens with zero attached hydrogens (tertiary/aromatic N) is 6. The highest BCUT2D eigenvalue weighted by Crippen LogP contribution is 2.32. The Hall–Kier alpha value is -4.39. The molecular weight excluding hydrogens is 576 g/mol. The number of nitrogens with one attached hydrogen (secondary N) is 2. The van der Waals surface area contributed by atoms with Crippen molar-refractivity contribution >= 4 is 46.1 Å². The number of amides is 2. The number of anilines is 3. The second-order valence-electron chi connectivity index (χ2n) is 12.4. The molecule has 45 heavy (non-hydrogen) atoms. The molecule has 1 aliphatic carbocycles. The van der Waals surface area contributed by atoms with Gasteiger partial charge in [0, 0.05) is 56.1 Å². The van der Waals surface area contributed by atoms with Gasteiger partial charge in [0.05, 0.1) is 17.4 Å². The highest BCUT2D eigenvalue weighted by Gasteiger charge is 2.28. The molecule has 240 valence electrons. The third-order valence-electron chi connectivity index (χ3n) is 9.03. The van der Waals surface area contributed by atoms with Gasteiger partial charge in [-0.1, -0.05) is 26.7 Å². The number of rotatable bonds is 10. The van der Waals surface area contributed by atoms with Gasteiger partial charge in [-0.25, -0.2) is 15.4 Å². The molecule has 2 fully saturated rings. The van der Waals surface area contributed by atoms with Crippen molar-refractivity contribution in [2.75, 3.05) is 36.4 Å². The fraction of sp³-hybridized carbons (Fsp3) is 0.531. The standard InChI is InChI=1S/C32H42N8O5/c1-19(16-27(42)37-45)15-20(2)30(43)39-13-11-38(12-14-39)24-9-10-26(33-17-24)35-32-34-18-25-21(3)28(22(4)41)31(44)40(29(25)36-32)23-7-5-6-8-23/h9-10,17-20,23,45H,5-8,11-16H2,1-4H3,(H,37,42)(H,33,34,35,36). The number of Topliss-reactive ketones (excluding diaryl/α,β-unsaturated/α-hetero) is 1. The average molecular weight is 619 g/mol. The minimum Gasteiger partial charge on any atom is -0.367 e. The number of fused-ring (bicyclic) bond motifs is 1. The van der Waals surface area contributed by atoms with E-state index in [1.54, 1.807) is 29.4 Å². The van der Waals surface area contributed by atoms with Crippen molar-refractivity contribution in [1.29, 1.82) is 0 Å². The summed E-state index contributed by atoms with van der Waals surface area (Å²) in [5.41, 5.74) is 3.62. The van der Waals surface area contributed by atoms with E-state index in [1.165, 1.54) is 6.92 Å². The van der Waals surface area contributed by atoms with Crippen LogP contribution in [0.15, 0.2) is 29.3 Å². The van der Waals surface area contributed by atoms with Gasteiger partial charge >= 0.3 is 0 Å². The first-order chi connectivity index (χ1) is 21.6. The summed E-state index contributed by atoms with van der Waals surface area (Å²) >= 11 is 0. The van der Waals surface area contributed by atoms with Crippen LogP contribution in [0.3, 0.4) is 0 Å². The number of pyridine rings is 2. The maximum Gasteiger partial charge on any atom is 0.263 e. The van der Waals surface area contributed by atoms with Gasteiger partial charge < -0.3 is 15.1 Å². The van der Waals surface area contributed by atoms with Crippen molar-refractivity contribution < 1.29 is 19.6 Å². The molecule has 1 saturated heterocycles. The van der Waals surface area contributed by atoms with E-state index < -0.39 is 5.91 Å². The highest BCUT2D eigenvalue weighted by molar-refractivity contribution is 5.99. The third kappa shape index (κ3) is 6.98. The molecule has 1 saturated carbocycles. The zero-order valence-electron chi connectivity index (χ0n) is 26.4. The lowest BCUT2D eigenvalue weighted by Gasteiger charge is -2.37. The fourth-order valence-electron chi connectivity index (χ4n) is 6.72. The number of ketones is 1. The Balaban J connectivity index is 1.24. The van der Waals surface area contributed by atoms with Crippen LogP contribution in [-0.4, -0.2) is 73.4 Å². The summed E-state index contributed by atoms with van der Waals surface area (Å²) < 4.78 is 1.69. The van der Waals surface area contributed by atoms with Crippen molar-refractivity contribution in [3.63, 3.8) is 0 Å². The van der Waals surface area contributed by atoms with Crippen LogP contribution < -0.4 is 21.3 Å². The van der Waals surface area contributed by atoms with Gasteiger partial charge in [-0.3, -0.25) is 29.0 Å². The molecule has 2 unspecified atom stereocenters. The number of hydroxylamine groups is 1. The zero-order valence-corrected chi connectivity index (χ0v) is 26.4. The number of aromatic nitrogens is 4. The Morgan fingerprint density at radius 3 is 2.38 bits per heavy atom. The molecule has 0 bridgehead atoms. The smallest absolute Gasteiger partial charge is 0.263 e. The topological polar surface area (TPSA) is 163 Å². The van der Waals surface area contributed by atoms with Gasteiger partial charge in [0.1, 0.15) is 11.5 Å². The van der Waals surface area contributed by atoms with Crippen molar-refractivity contribution in [3.8, 4) is 0 Å². The van der Waals surface area contributed by atoms with Crippen molar-refractivity contribution in [2.24, 2.45) is 11.8 Å². The van der Waals surface area contributed by atoms with Crippen LogP contribution in [-0.2, 0) is 9.59 Å². The molecule has 2 aliphatic rings. The van der Waals surface area contributed by atoms with Gasteiger partial charge in [0.25, 0.3) is 5.56 Å². The van der Waals surface area contributed by atoms with Gasteiger partial charge in [-0.05, 0) is 56.7 Å². The van der Waals surface area contributed by atoms with Crippen LogP contribution in [0.4, 0.5) is 17.5 Å². The molecule has 4 heterocycles. The normalized spacial score (nSPS) is 16.9. The number of piperazine rings is 1. The molecule has 3 aromatic rings. The predicted molar refractivity (Wildman–Crippen MR) is 170 cm³/mol. The van der Waals surface area contributed by atoms with Gasteiger partial charge in [0.15, 0.2) is 5.78 Å². The number of hydrogen-bond donors (Lipinski definition) is 3. The Labute approximate surface area is 262 Å². The molecular formula is C32H42N8O5. The van der Waals surface area contributed by atoms with E-state index >= 15 is 0 Å². The second kappa shape index (κ2) is 13.7. The lowest BCUT2D eigenvalue weighted by molar-refractivity contribution is -0.136. The van der Waals surface area contributed by atoms with E-state index in [0.29, 0.717) is 61.0 Å². The minimum atomic E-state index is -0.444. The lowest BCUT2D eigenvalue weighted by Crippen LogP contribution is -2.50. The molecule has 0 aromatic carbocycles. The molecule has 13 nitrogen and oxygen atoms in total. The first-order valence-corrected chi connectivity index (χ1v) is 15.7. The number of aryl methyl sites for hydroxylation is 1. The highest BCUT2D eigenvalue weighted by atomic mass is 16.5. The van der Waals surface area contributed by atoms with Gasteiger partial charge in [-0.2, -0.15) is 4.98 Å². The summed E-state index contributed by atoms with van der Waals surface area (Å²) in [7, 11) is 0. The van der Waals surface area contributed by atoms with Gasteiger partial charge in [0.2, 0.25) is 17.8 Å². The van der Waals surface area contributed by atoms with Crippen LogP contribution in [0.25, 0.3) is 11.0 Å². The lowest BCUT2D eigenvalue weighted by atomic mass is 9.93. The quantitative estimate of drug-likeness (QED) is 0.173. The fourth-order valence-corrected chi connectivity index (χ4v) is 6.72. The van der Waals surface area contributed by atoms with E-state index in [-0.39, 0.29) is 47.1 Å². The molecule has 3 N–H and O–H groups in total. The number of carbonyl (C=O) groups excluding carboxylic acids is 3. The molecule has 2 atom stereocenters. The minimum absolute atomic E-state index is 0.00137. The SMILES string of the molecule is CC(=O)c1c(C)c2cnc(Nc3ccc(N4CCN(C(=O)C(C)CC(C)CC(=O)NO)CC4)cn3)nc2n(C2CCCC2)c1=O. The Bertz CT molecular complexity index is 1630. The third-order valence-corrected chi connectivity index (χ3v) is 9.03. The van der Waals surface area contributed by atoms with E-state index in [4.69, 9.17) is 10.2 Å². The molecule has 13 heteroatoms. The van der Waals surface area contributed by atoms with E-state index in [9.17, 15) is 19.2 Å². The van der Waals surface area contributed by atoms with Crippen LogP contribution in [0.1, 0.15) is 81.3 Å². The first kappa shape index (κ1) is 32.0. The Morgan fingerprint density at radius 1 is 1.04 bits per heavy atom. The Kier molecular flexibility index (Phi) is 9.76. The summed E-state index contributed by atoms with van der Waals surface area (Å²) in [5.74, 6) is 0.0156. The molecule has 0 spiro atoms. The second-order valence-corrected chi connectivity index (χ2v) is 12.4. The maximum absolute atomic E-state index is 13.5. The average Bonchev–Trinajstić information content (AvgIpc) is 3.55. The largest absolute Gasteiger partial charge is 0.367 e. The summed E-state index contributed by atoms with van der Waals surface area (Å²) in [5, 5.41) is 12.6. The summed E-state index contributed by atoms with van der Waals surface area (Å²) in [6, 6.07) is 3.81. The summed E-state index contributed by atoms with van der Waals surface area (Å²) in [6.07, 6.45) is 8.00. The van der Waals surface area contributed by atoms with Gasteiger partial charge in [-0.15, -0.1) is 0 Å². The monoisotopic (exact) mass is 618 g/mol. The molecule has 2 amide bonds. The molecule has 3 aromatic heterocycles. The van der Waals surface area contributed by atoms with Crippen LogP contribution in [0.2, 0.25) is 0 Å². The van der Waals surface area contributed by atoms with Crippen molar-refractivity contribution in [1.82, 2.24) is 29.9 Å². The number of hydrogen-bond acceptors (Lipinski definition) is 10. The van der Waals surface area contributed by atoms with E-state index in [0.717, 1.165) is 31.4 Å². The zero-order chi connectivity index (χ0) is 32.2. The first-order valence-electron chi connectivity index (χ1n) is 15.7. The van der Waals surface area contributed by atoms with Crippen molar-refractivity contribution in [2.45, 2.75) is 72.3 Å². The van der Waals surface area contributed by atoms with E-state index in [2.05, 4.69) is 20.2 Å². The van der Waals surface area contributed by atoms with Crippen molar-refractivity contribution in [3.05, 3.63) is 46.0 Å². The number of carbonyl (C=O) groups is 3. The predicted octanol–water partition coefficient (Wildman–Crippen LogP) is 3.76. The van der Waals surface area contributed by atoms with E-state index in [1.807, 2.05) is 30.9 Å². The molecule has 0 radical (unpaired) electrons. The van der Waals surface area contributed by atoms with Crippen LogP contribution in [0, 0.1) is 18.8 Å². The molecule has 1 aliphatic heterocycles. The Morgan fingerprint density at radius 2 is 1.76 bits per heavy atom. The molecule has 5 rings (SSSR count). The van der Waals surface area contributed by atoms with Crippen LogP contribution >= 0.6 is 0 Å². The maximum atomic E-state index is 13.5.